The van der Waals surface area contributed by atoms with Gasteiger partial charge in [0.1, 0.15) is 0 Å². The smallest absolute Gasteiger partial charge is 0.0764 e. The molecule has 0 unspecified atom stereocenters. The van der Waals surface area contributed by atoms with Crippen molar-refractivity contribution >= 4 is 0 Å². The second kappa shape index (κ2) is 5.86. The van der Waals surface area contributed by atoms with E-state index < -0.39 is 0 Å². The van der Waals surface area contributed by atoms with E-state index in [2.05, 4.69) is 28.8 Å². The molecule has 2 fully saturated rings. The van der Waals surface area contributed by atoms with Crippen LogP contribution in [0.15, 0.2) is 12.3 Å². The fraction of sp³-hybridized carbons (Fsp3) is 0.812. The largest absolute Gasteiger partial charge is 0.323 e. The first-order chi connectivity index (χ1) is 9.68. The predicted molar refractivity (Wildman–Crippen MR) is 81.5 cm³/mol. The molecule has 1 saturated heterocycles. The van der Waals surface area contributed by atoms with Gasteiger partial charge in [-0.05, 0) is 25.3 Å². The fourth-order valence-corrected chi connectivity index (χ4v) is 3.85. The third kappa shape index (κ3) is 3.07. The summed E-state index contributed by atoms with van der Waals surface area (Å²) in [7, 11) is 0. The van der Waals surface area contributed by atoms with Crippen LogP contribution in [0.5, 0.6) is 0 Å². The molecule has 1 aromatic rings. The van der Waals surface area contributed by atoms with Crippen molar-refractivity contribution < 1.29 is 0 Å². The number of hydrogen-bond acceptors (Lipinski definition) is 3. The van der Waals surface area contributed by atoms with Gasteiger partial charge in [0.05, 0.1) is 11.7 Å². The Bertz CT molecular complexity index is 427. The summed E-state index contributed by atoms with van der Waals surface area (Å²) in [6, 6.07) is 2.83. The standard InChI is InChI=1S/C16H28N4/c1-2-9-16(17)12-19(13-16)11-14-8-10-20(18-14)15-6-4-3-5-7-15/h8,10,15H,2-7,9,11-13,17H2,1H3. The van der Waals surface area contributed by atoms with Crippen molar-refractivity contribution in [1.82, 2.24) is 14.7 Å². The van der Waals surface area contributed by atoms with Crippen molar-refractivity contribution in [3.63, 3.8) is 0 Å². The van der Waals surface area contributed by atoms with Crippen molar-refractivity contribution in [3.8, 4) is 0 Å². The van der Waals surface area contributed by atoms with Gasteiger partial charge in [-0.1, -0.05) is 32.6 Å². The highest BCUT2D eigenvalue weighted by Crippen LogP contribution is 2.28. The number of nitrogens with two attached hydrogens (primary N) is 1. The molecule has 0 atom stereocenters. The maximum absolute atomic E-state index is 6.31. The third-order valence-electron chi connectivity index (χ3n) is 4.82. The fourth-order valence-electron chi connectivity index (χ4n) is 3.85. The van der Waals surface area contributed by atoms with Gasteiger partial charge < -0.3 is 5.73 Å². The predicted octanol–water partition coefficient (Wildman–Crippen LogP) is 2.70. The van der Waals surface area contributed by atoms with E-state index in [-0.39, 0.29) is 5.54 Å². The van der Waals surface area contributed by atoms with Gasteiger partial charge in [-0.25, -0.2) is 0 Å². The lowest BCUT2D eigenvalue weighted by atomic mass is 9.86. The zero-order valence-electron chi connectivity index (χ0n) is 12.7. The van der Waals surface area contributed by atoms with Crippen LogP contribution < -0.4 is 5.73 Å². The average Bonchev–Trinajstić information content (AvgIpc) is 2.87. The zero-order chi connectivity index (χ0) is 14.0. The van der Waals surface area contributed by atoms with E-state index in [1.54, 1.807) is 0 Å². The second-order valence-corrected chi connectivity index (χ2v) is 6.84. The lowest BCUT2D eigenvalue weighted by molar-refractivity contribution is 0.0553. The summed E-state index contributed by atoms with van der Waals surface area (Å²) in [6.07, 6.45) is 11.2. The van der Waals surface area contributed by atoms with Crippen LogP contribution in [0.4, 0.5) is 0 Å². The monoisotopic (exact) mass is 276 g/mol. The minimum absolute atomic E-state index is 0.0701. The quantitative estimate of drug-likeness (QED) is 0.899. The Morgan fingerprint density at radius 1 is 1.30 bits per heavy atom. The molecule has 3 rings (SSSR count). The van der Waals surface area contributed by atoms with Crippen LogP contribution >= 0.6 is 0 Å². The lowest BCUT2D eigenvalue weighted by Gasteiger charge is -2.47. The van der Waals surface area contributed by atoms with E-state index in [0.29, 0.717) is 6.04 Å². The Morgan fingerprint density at radius 2 is 2.05 bits per heavy atom. The average molecular weight is 276 g/mol. The first kappa shape index (κ1) is 14.1. The molecule has 0 amide bonds. The zero-order valence-corrected chi connectivity index (χ0v) is 12.7. The maximum atomic E-state index is 6.31. The third-order valence-corrected chi connectivity index (χ3v) is 4.82. The van der Waals surface area contributed by atoms with E-state index in [1.165, 1.54) is 44.2 Å². The van der Waals surface area contributed by atoms with Gasteiger partial charge in [-0.15, -0.1) is 0 Å². The molecule has 1 aliphatic heterocycles. The molecule has 2 heterocycles. The number of nitrogens with zero attached hydrogens (tertiary/aromatic N) is 3. The van der Waals surface area contributed by atoms with E-state index >= 15 is 0 Å². The molecule has 0 radical (unpaired) electrons. The summed E-state index contributed by atoms with van der Waals surface area (Å²) in [5.41, 5.74) is 7.59. The molecule has 0 spiro atoms. The number of aromatic nitrogens is 2. The van der Waals surface area contributed by atoms with E-state index in [0.717, 1.165) is 26.1 Å². The SMILES string of the molecule is CCCC1(N)CN(Cc2ccn(C3CCCCC3)n2)C1. The number of hydrogen-bond donors (Lipinski definition) is 1. The van der Waals surface area contributed by atoms with E-state index in [9.17, 15) is 0 Å². The Hall–Kier alpha value is -0.870. The van der Waals surface area contributed by atoms with Crippen molar-refractivity contribution in [3.05, 3.63) is 18.0 Å². The molecule has 2 N–H and O–H groups in total. The molecular formula is C16H28N4. The van der Waals surface area contributed by atoms with Crippen LogP contribution in [0.25, 0.3) is 0 Å². The normalized spacial score (nSPS) is 23.7. The summed E-state index contributed by atoms with van der Waals surface area (Å²) in [5, 5.41) is 4.78. The molecule has 1 aliphatic carbocycles. The minimum Gasteiger partial charge on any atom is -0.323 e. The van der Waals surface area contributed by atoms with Crippen LogP contribution in [0, 0.1) is 0 Å². The highest BCUT2D eigenvalue weighted by molar-refractivity contribution is 5.05. The van der Waals surface area contributed by atoms with Crippen molar-refractivity contribution in [1.29, 1.82) is 0 Å². The molecular weight excluding hydrogens is 248 g/mol. The molecule has 0 aromatic carbocycles. The minimum atomic E-state index is 0.0701. The first-order valence-electron chi connectivity index (χ1n) is 8.24. The van der Waals surface area contributed by atoms with E-state index in [1.807, 2.05) is 0 Å². The van der Waals surface area contributed by atoms with E-state index in [4.69, 9.17) is 10.8 Å². The molecule has 0 bridgehead atoms. The van der Waals surface area contributed by atoms with Crippen LogP contribution in [0.1, 0.15) is 63.6 Å². The van der Waals surface area contributed by atoms with Gasteiger partial charge in [0.25, 0.3) is 0 Å². The van der Waals surface area contributed by atoms with Crippen LogP contribution in [0.2, 0.25) is 0 Å². The molecule has 20 heavy (non-hydrogen) atoms. The highest BCUT2D eigenvalue weighted by Gasteiger charge is 2.38. The highest BCUT2D eigenvalue weighted by atomic mass is 15.3. The summed E-state index contributed by atoms with van der Waals surface area (Å²) in [6.45, 7) is 5.22. The van der Waals surface area contributed by atoms with Gasteiger partial charge in [0, 0.05) is 31.4 Å². The van der Waals surface area contributed by atoms with Gasteiger partial charge >= 0.3 is 0 Å². The Balaban J connectivity index is 1.51. The van der Waals surface area contributed by atoms with Crippen LogP contribution in [-0.2, 0) is 6.54 Å². The molecule has 4 heteroatoms. The lowest BCUT2D eigenvalue weighted by Crippen LogP contribution is -2.66. The summed E-state index contributed by atoms with van der Waals surface area (Å²) >= 11 is 0. The topological polar surface area (TPSA) is 47.1 Å². The molecule has 2 aliphatic rings. The summed E-state index contributed by atoms with van der Waals surface area (Å²) in [4.78, 5) is 2.42. The molecule has 112 valence electrons. The number of rotatable bonds is 5. The first-order valence-corrected chi connectivity index (χ1v) is 8.24. The molecule has 1 aromatic heterocycles. The Morgan fingerprint density at radius 3 is 2.75 bits per heavy atom. The Kier molecular flexibility index (Phi) is 4.13. The maximum Gasteiger partial charge on any atom is 0.0764 e. The van der Waals surface area contributed by atoms with Gasteiger partial charge in [-0.2, -0.15) is 5.10 Å². The van der Waals surface area contributed by atoms with Crippen molar-refractivity contribution in [2.24, 2.45) is 5.73 Å². The number of likely N-dealkylation sites (tertiary alicyclic amines) is 1. The summed E-state index contributed by atoms with van der Waals surface area (Å²) in [5.74, 6) is 0. The second-order valence-electron chi connectivity index (χ2n) is 6.84. The van der Waals surface area contributed by atoms with Gasteiger partial charge in [0.2, 0.25) is 0 Å². The Labute approximate surface area is 122 Å². The van der Waals surface area contributed by atoms with Gasteiger partial charge in [0.15, 0.2) is 0 Å². The molecule has 1 saturated carbocycles. The van der Waals surface area contributed by atoms with Crippen molar-refractivity contribution in [2.75, 3.05) is 13.1 Å². The summed E-state index contributed by atoms with van der Waals surface area (Å²) < 4.78 is 2.20. The van der Waals surface area contributed by atoms with Gasteiger partial charge in [-0.3, -0.25) is 9.58 Å². The van der Waals surface area contributed by atoms with Crippen LogP contribution in [-0.4, -0.2) is 33.3 Å². The molecule has 4 nitrogen and oxygen atoms in total. The van der Waals surface area contributed by atoms with Crippen LogP contribution in [0.3, 0.4) is 0 Å². The van der Waals surface area contributed by atoms with Crippen molar-refractivity contribution in [2.45, 2.75) is 70.0 Å².